The van der Waals surface area contributed by atoms with Crippen molar-refractivity contribution in [3.8, 4) is 5.75 Å². The van der Waals surface area contributed by atoms with Crippen molar-refractivity contribution in [3.05, 3.63) is 29.8 Å². The third-order valence-corrected chi connectivity index (χ3v) is 2.44. The second-order valence-electron chi connectivity index (χ2n) is 4.08. The van der Waals surface area contributed by atoms with E-state index in [0.717, 1.165) is 0 Å². The molecule has 0 spiro atoms. The summed E-state index contributed by atoms with van der Waals surface area (Å²) >= 11 is 0. The summed E-state index contributed by atoms with van der Waals surface area (Å²) in [6.07, 6.45) is 0. The zero-order valence-electron chi connectivity index (χ0n) is 11.4. The van der Waals surface area contributed by atoms with Crippen LogP contribution in [0.15, 0.2) is 24.3 Å². The maximum atomic E-state index is 11.9. The summed E-state index contributed by atoms with van der Waals surface area (Å²) in [5.74, 6) is 0.300. The van der Waals surface area contributed by atoms with Gasteiger partial charge in [-0.15, -0.1) is 0 Å². The molecule has 0 aliphatic carbocycles. The monoisotopic (exact) mass is 265 g/mol. The predicted octanol–water partition coefficient (Wildman–Crippen LogP) is 0.696. The van der Waals surface area contributed by atoms with E-state index in [1.54, 1.807) is 38.4 Å². The molecule has 0 aromatic heterocycles. The lowest BCUT2D eigenvalue weighted by molar-refractivity contribution is 0.0950. The molecule has 6 heteroatoms. The van der Waals surface area contributed by atoms with Crippen LogP contribution in [0.3, 0.4) is 0 Å². The highest BCUT2D eigenvalue weighted by molar-refractivity contribution is 5.96. The highest BCUT2D eigenvalue weighted by Crippen LogP contribution is 2.16. The van der Waals surface area contributed by atoms with Crippen LogP contribution in [0.2, 0.25) is 0 Å². The van der Waals surface area contributed by atoms with E-state index in [0.29, 0.717) is 24.4 Å². The van der Waals surface area contributed by atoms with Gasteiger partial charge in [0.2, 0.25) is 0 Å². The van der Waals surface area contributed by atoms with Crippen LogP contribution in [0.1, 0.15) is 10.4 Å². The van der Waals surface area contributed by atoms with E-state index in [4.69, 9.17) is 4.74 Å². The molecular weight excluding hydrogens is 246 g/mol. The molecule has 0 heterocycles. The molecular formula is C13H19N3O3. The van der Waals surface area contributed by atoms with E-state index in [9.17, 15) is 9.59 Å². The molecule has 2 N–H and O–H groups in total. The van der Waals surface area contributed by atoms with Gasteiger partial charge in [-0.05, 0) is 12.1 Å². The zero-order chi connectivity index (χ0) is 14.3. The Morgan fingerprint density at radius 1 is 1.16 bits per heavy atom. The number of rotatable bonds is 5. The van der Waals surface area contributed by atoms with Gasteiger partial charge >= 0.3 is 6.03 Å². The number of urea groups is 1. The van der Waals surface area contributed by atoms with E-state index in [1.807, 2.05) is 0 Å². The second kappa shape index (κ2) is 7.25. The molecule has 1 aromatic rings. The first-order chi connectivity index (χ1) is 9.06. The Labute approximate surface area is 112 Å². The Bertz CT molecular complexity index is 447. The summed E-state index contributed by atoms with van der Waals surface area (Å²) in [5, 5.41) is 5.37. The lowest BCUT2D eigenvalue weighted by Gasteiger charge is -2.12. The number of carbonyl (C=O) groups excluding carboxylic acids is 2. The van der Waals surface area contributed by atoms with Crippen molar-refractivity contribution in [2.75, 3.05) is 34.3 Å². The average molecular weight is 265 g/mol. The minimum Gasteiger partial charge on any atom is -0.496 e. The van der Waals surface area contributed by atoms with Gasteiger partial charge in [0.1, 0.15) is 5.75 Å². The summed E-state index contributed by atoms with van der Waals surface area (Å²) in [4.78, 5) is 24.6. The van der Waals surface area contributed by atoms with Gasteiger partial charge in [0.25, 0.3) is 5.91 Å². The van der Waals surface area contributed by atoms with Crippen molar-refractivity contribution in [2.45, 2.75) is 0 Å². The molecule has 0 atom stereocenters. The normalized spacial score (nSPS) is 9.63. The van der Waals surface area contributed by atoms with E-state index in [1.165, 1.54) is 12.0 Å². The number of benzene rings is 1. The van der Waals surface area contributed by atoms with Crippen molar-refractivity contribution in [1.29, 1.82) is 0 Å². The fourth-order valence-electron chi connectivity index (χ4n) is 1.43. The number of hydrogen-bond donors (Lipinski definition) is 2. The van der Waals surface area contributed by atoms with Gasteiger partial charge in [-0.3, -0.25) is 4.79 Å². The highest BCUT2D eigenvalue weighted by Gasteiger charge is 2.10. The van der Waals surface area contributed by atoms with E-state index < -0.39 is 0 Å². The van der Waals surface area contributed by atoms with Gasteiger partial charge < -0.3 is 20.3 Å². The number of hydrogen-bond acceptors (Lipinski definition) is 3. The molecule has 1 rings (SSSR count). The number of nitrogens with zero attached hydrogens (tertiary/aromatic N) is 1. The van der Waals surface area contributed by atoms with Crippen LogP contribution in [-0.2, 0) is 0 Å². The molecule has 0 unspecified atom stereocenters. The smallest absolute Gasteiger partial charge is 0.316 e. The van der Waals surface area contributed by atoms with Gasteiger partial charge in [0, 0.05) is 27.2 Å². The Hall–Kier alpha value is -2.24. The largest absolute Gasteiger partial charge is 0.496 e. The minimum absolute atomic E-state index is 0.188. The maximum Gasteiger partial charge on any atom is 0.316 e. The molecule has 3 amide bonds. The average Bonchev–Trinajstić information content (AvgIpc) is 2.42. The molecule has 0 aliphatic heterocycles. The van der Waals surface area contributed by atoms with Crippen molar-refractivity contribution in [2.24, 2.45) is 0 Å². The number of ether oxygens (including phenoxy) is 1. The summed E-state index contributed by atoms with van der Waals surface area (Å²) in [6, 6.07) is 6.79. The Balaban J connectivity index is 2.41. The lowest BCUT2D eigenvalue weighted by atomic mass is 10.2. The quantitative estimate of drug-likeness (QED) is 0.770. The minimum atomic E-state index is -0.225. The third kappa shape index (κ3) is 4.50. The molecule has 0 saturated carbocycles. The van der Waals surface area contributed by atoms with Crippen LogP contribution in [0.5, 0.6) is 5.75 Å². The van der Waals surface area contributed by atoms with Gasteiger partial charge in [0.15, 0.2) is 0 Å². The summed E-state index contributed by atoms with van der Waals surface area (Å²) < 4.78 is 5.11. The second-order valence-corrected chi connectivity index (χ2v) is 4.08. The molecule has 0 bridgehead atoms. The molecule has 1 aromatic carbocycles. The summed E-state index contributed by atoms with van der Waals surface area (Å²) in [5.41, 5.74) is 0.476. The zero-order valence-corrected chi connectivity index (χ0v) is 11.4. The predicted molar refractivity (Wildman–Crippen MR) is 72.4 cm³/mol. The topological polar surface area (TPSA) is 70.7 Å². The van der Waals surface area contributed by atoms with Crippen molar-refractivity contribution < 1.29 is 14.3 Å². The first-order valence-electron chi connectivity index (χ1n) is 5.92. The fraction of sp³-hybridized carbons (Fsp3) is 0.385. The summed E-state index contributed by atoms with van der Waals surface area (Å²) in [6.45, 7) is 0.731. The molecule has 0 saturated heterocycles. The van der Waals surface area contributed by atoms with Crippen molar-refractivity contribution in [3.63, 3.8) is 0 Å². The Morgan fingerprint density at radius 3 is 2.42 bits per heavy atom. The first kappa shape index (κ1) is 14.8. The highest BCUT2D eigenvalue weighted by atomic mass is 16.5. The van der Waals surface area contributed by atoms with Crippen molar-refractivity contribution in [1.82, 2.24) is 15.5 Å². The van der Waals surface area contributed by atoms with E-state index in [-0.39, 0.29) is 11.9 Å². The number of carbonyl (C=O) groups is 2. The van der Waals surface area contributed by atoms with Crippen LogP contribution in [0.4, 0.5) is 4.79 Å². The molecule has 6 nitrogen and oxygen atoms in total. The van der Waals surface area contributed by atoms with Crippen LogP contribution >= 0.6 is 0 Å². The number of amides is 3. The van der Waals surface area contributed by atoms with Gasteiger partial charge in [-0.25, -0.2) is 4.79 Å². The van der Waals surface area contributed by atoms with Crippen LogP contribution in [0.25, 0.3) is 0 Å². The Kier molecular flexibility index (Phi) is 5.66. The lowest BCUT2D eigenvalue weighted by Crippen LogP contribution is -2.39. The van der Waals surface area contributed by atoms with Gasteiger partial charge in [-0.1, -0.05) is 12.1 Å². The van der Waals surface area contributed by atoms with E-state index in [2.05, 4.69) is 10.6 Å². The van der Waals surface area contributed by atoms with Crippen LogP contribution in [0, 0.1) is 0 Å². The van der Waals surface area contributed by atoms with Gasteiger partial charge in [-0.2, -0.15) is 0 Å². The van der Waals surface area contributed by atoms with E-state index >= 15 is 0 Å². The molecule has 0 radical (unpaired) electrons. The standard InChI is InChI=1S/C13H19N3O3/c1-16(2)13(18)15-9-8-14-12(17)10-6-4-5-7-11(10)19-3/h4-7H,8-9H2,1-3H3,(H,14,17)(H,15,18). The first-order valence-corrected chi connectivity index (χ1v) is 5.92. The van der Waals surface area contributed by atoms with Crippen LogP contribution in [-0.4, -0.2) is 51.1 Å². The Morgan fingerprint density at radius 2 is 1.79 bits per heavy atom. The third-order valence-electron chi connectivity index (χ3n) is 2.44. The van der Waals surface area contributed by atoms with Crippen LogP contribution < -0.4 is 15.4 Å². The number of methoxy groups -OCH3 is 1. The summed E-state index contributed by atoms with van der Waals surface area (Å²) in [7, 11) is 4.83. The fourth-order valence-corrected chi connectivity index (χ4v) is 1.43. The molecule has 0 aliphatic rings. The van der Waals surface area contributed by atoms with Crippen molar-refractivity contribution >= 4 is 11.9 Å². The number of para-hydroxylation sites is 1. The molecule has 104 valence electrons. The maximum absolute atomic E-state index is 11.9. The number of nitrogens with one attached hydrogen (secondary N) is 2. The molecule has 19 heavy (non-hydrogen) atoms. The molecule has 0 fully saturated rings. The van der Waals surface area contributed by atoms with Gasteiger partial charge in [0.05, 0.1) is 12.7 Å². The SMILES string of the molecule is COc1ccccc1C(=O)NCCNC(=O)N(C)C.